The third-order valence-corrected chi connectivity index (χ3v) is 3.99. The van der Waals surface area contributed by atoms with E-state index in [1.165, 1.54) is 0 Å². The van der Waals surface area contributed by atoms with Gasteiger partial charge in [-0.05, 0) is 11.3 Å². The molecule has 0 aliphatic heterocycles. The van der Waals surface area contributed by atoms with E-state index in [2.05, 4.69) is 25.5 Å². The molecule has 0 rings (SSSR count). The van der Waals surface area contributed by atoms with Crippen LogP contribution in [0.3, 0.4) is 0 Å². The van der Waals surface area contributed by atoms with E-state index in [0.717, 1.165) is 0 Å². The van der Waals surface area contributed by atoms with Crippen molar-refractivity contribution in [1.82, 2.24) is 4.72 Å². The first kappa shape index (κ1) is 13.2. The molecule has 5 heteroatoms. The molecule has 1 atom stereocenters. The zero-order chi connectivity index (χ0) is 10.7. The number of halogens is 1. The number of nitrogens with one attached hydrogen (secondary N) is 1. The van der Waals surface area contributed by atoms with Crippen LogP contribution in [0.4, 0.5) is 0 Å². The second kappa shape index (κ2) is 4.62. The maximum Gasteiger partial charge on any atom is 0.225 e. The lowest BCUT2D eigenvalue weighted by Gasteiger charge is -2.27. The number of rotatable bonds is 4. The molecule has 0 aromatic carbocycles. The van der Waals surface area contributed by atoms with Crippen LogP contribution >= 0.6 is 11.6 Å². The summed E-state index contributed by atoms with van der Waals surface area (Å²) >= 11 is 5.24. The molecule has 0 aromatic rings. The van der Waals surface area contributed by atoms with Crippen LogP contribution in [0.1, 0.15) is 27.7 Å². The lowest BCUT2D eigenvalue weighted by atomic mass is 9.82. The largest absolute Gasteiger partial charge is 0.225 e. The zero-order valence-corrected chi connectivity index (χ0v) is 10.2. The summed E-state index contributed by atoms with van der Waals surface area (Å²) in [6, 6.07) is 0. The summed E-state index contributed by atoms with van der Waals surface area (Å²) in [6.07, 6.45) is 0. The third-order valence-electron chi connectivity index (χ3n) is 2.23. The maximum absolute atomic E-state index is 11.0. The van der Waals surface area contributed by atoms with Crippen molar-refractivity contribution in [3.05, 3.63) is 0 Å². The fraction of sp³-hybridized carbons (Fsp3) is 1.00. The molecule has 1 N–H and O–H groups in total. The van der Waals surface area contributed by atoms with Gasteiger partial charge in [0.15, 0.2) is 0 Å². The summed E-state index contributed by atoms with van der Waals surface area (Å²) in [5.74, 6) is 0.283. The Morgan fingerprint density at radius 1 is 1.38 bits per heavy atom. The second-order valence-electron chi connectivity index (χ2n) is 4.34. The molecule has 0 heterocycles. The molecule has 3 nitrogen and oxygen atoms in total. The Balaban J connectivity index is 4.05. The van der Waals surface area contributed by atoms with Gasteiger partial charge in [0.2, 0.25) is 10.0 Å². The van der Waals surface area contributed by atoms with Gasteiger partial charge in [-0.1, -0.05) is 27.7 Å². The summed E-state index contributed by atoms with van der Waals surface area (Å²) in [4.78, 5) is 0. The smallest absolute Gasteiger partial charge is 0.214 e. The van der Waals surface area contributed by atoms with Crippen LogP contribution in [0.2, 0.25) is 0 Å². The van der Waals surface area contributed by atoms with E-state index in [-0.39, 0.29) is 16.5 Å². The fourth-order valence-electron chi connectivity index (χ4n) is 0.597. The average molecular weight is 228 g/mol. The van der Waals surface area contributed by atoms with E-state index in [0.29, 0.717) is 6.54 Å². The minimum Gasteiger partial charge on any atom is -0.214 e. The SMILES string of the molecule is CC(CNS(=O)(=O)CCl)C(C)(C)C. The van der Waals surface area contributed by atoms with Gasteiger partial charge in [-0.3, -0.25) is 0 Å². The van der Waals surface area contributed by atoms with Gasteiger partial charge < -0.3 is 0 Å². The Morgan fingerprint density at radius 3 is 2.15 bits per heavy atom. The summed E-state index contributed by atoms with van der Waals surface area (Å²) < 4.78 is 24.4. The molecule has 0 radical (unpaired) electrons. The lowest BCUT2D eigenvalue weighted by molar-refractivity contribution is 0.263. The van der Waals surface area contributed by atoms with E-state index in [1.54, 1.807) is 0 Å². The molecule has 0 spiro atoms. The van der Waals surface area contributed by atoms with Crippen molar-refractivity contribution in [2.24, 2.45) is 11.3 Å². The van der Waals surface area contributed by atoms with Crippen LogP contribution in [0, 0.1) is 11.3 Å². The Kier molecular flexibility index (Phi) is 4.69. The molecule has 80 valence electrons. The highest BCUT2D eigenvalue weighted by molar-refractivity contribution is 7.90. The van der Waals surface area contributed by atoms with Gasteiger partial charge in [0.05, 0.1) is 0 Å². The molecule has 0 aromatic heterocycles. The molecule has 0 bridgehead atoms. The first-order valence-corrected chi connectivity index (χ1v) is 6.41. The van der Waals surface area contributed by atoms with Crippen molar-refractivity contribution in [1.29, 1.82) is 0 Å². The molecule has 0 fully saturated rings. The van der Waals surface area contributed by atoms with Gasteiger partial charge in [0.25, 0.3) is 0 Å². The Labute approximate surface area is 85.9 Å². The number of sulfonamides is 1. The first-order chi connectivity index (χ1) is 5.69. The van der Waals surface area contributed by atoms with Crippen molar-refractivity contribution in [2.45, 2.75) is 27.7 Å². The minimum absolute atomic E-state index is 0.106. The van der Waals surface area contributed by atoms with Crippen molar-refractivity contribution in [3.8, 4) is 0 Å². The molecule has 0 amide bonds. The lowest BCUT2D eigenvalue weighted by Crippen LogP contribution is -2.34. The highest BCUT2D eigenvalue weighted by atomic mass is 35.5. The van der Waals surface area contributed by atoms with E-state index in [4.69, 9.17) is 11.6 Å². The molecule has 0 aliphatic rings. The van der Waals surface area contributed by atoms with Crippen molar-refractivity contribution < 1.29 is 8.42 Å². The van der Waals surface area contributed by atoms with Gasteiger partial charge >= 0.3 is 0 Å². The van der Waals surface area contributed by atoms with E-state index in [9.17, 15) is 8.42 Å². The van der Waals surface area contributed by atoms with Crippen molar-refractivity contribution in [3.63, 3.8) is 0 Å². The van der Waals surface area contributed by atoms with Crippen molar-refractivity contribution in [2.75, 3.05) is 11.8 Å². The highest BCUT2D eigenvalue weighted by Gasteiger charge is 2.21. The quantitative estimate of drug-likeness (QED) is 0.745. The van der Waals surface area contributed by atoms with E-state index in [1.807, 2.05) is 6.92 Å². The van der Waals surface area contributed by atoms with Gasteiger partial charge in [-0.25, -0.2) is 13.1 Å². The first-order valence-electron chi connectivity index (χ1n) is 4.22. The summed E-state index contributed by atoms with van der Waals surface area (Å²) in [5, 5.41) is -0.371. The summed E-state index contributed by atoms with van der Waals surface area (Å²) in [6.45, 7) is 8.68. The maximum atomic E-state index is 11.0. The summed E-state index contributed by atoms with van der Waals surface area (Å²) in [5.41, 5.74) is 0.106. The highest BCUT2D eigenvalue weighted by Crippen LogP contribution is 2.24. The predicted octanol–water partition coefficient (Wildman–Crippen LogP) is 1.78. The van der Waals surface area contributed by atoms with Gasteiger partial charge in [0.1, 0.15) is 5.21 Å². The Bertz CT molecular complexity index is 243. The van der Waals surface area contributed by atoms with Gasteiger partial charge in [0, 0.05) is 6.54 Å². The van der Waals surface area contributed by atoms with E-state index >= 15 is 0 Å². The second-order valence-corrected chi connectivity index (χ2v) is 6.73. The average Bonchev–Trinajstić information content (AvgIpc) is 1.98. The minimum atomic E-state index is -3.26. The Hall–Kier alpha value is 0.200. The topological polar surface area (TPSA) is 46.2 Å². The van der Waals surface area contributed by atoms with Crippen LogP contribution in [0.15, 0.2) is 0 Å². The zero-order valence-electron chi connectivity index (χ0n) is 8.59. The molecule has 0 saturated carbocycles. The molecular weight excluding hydrogens is 210 g/mol. The summed E-state index contributed by atoms with van der Waals surface area (Å²) in [7, 11) is -3.26. The third kappa shape index (κ3) is 5.49. The standard InChI is InChI=1S/C8H18ClNO2S/c1-7(8(2,3)4)5-10-13(11,12)6-9/h7,10H,5-6H2,1-4H3. The van der Waals surface area contributed by atoms with Crippen LogP contribution in [-0.4, -0.2) is 20.2 Å². The molecule has 0 saturated heterocycles. The van der Waals surface area contributed by atoms with E-state index < -0.39 is 10.0 Å². The van der Waals surface area contributed by atoms with Crippen LogP contribution in [-0.2, 0) is 10.0 Å². The molecule has 0 aliphatic carbocycles. The number of hydrogen-bond acceptors (Lipinski definition) is 2. The fourth-order valence-corrected chi connectivity index (χ4v) is 1.41. The number of alkyl halides is 1. The normalized spacial score (nSPS) is 15.8. The van der Waals surface area contributed by atoms with Crippen molar-refractivity contribution >= 4 is 21.6 Å². The monoisotopic (exact) mass is 227 g/mol. The van der Waals surface area contributed by atoms with Crippen LogP contribution in [0.5, 0.6) is 0 Å². The van der Waals surface area contributed by atoms with Crippen LogP contribution < -0.4 is 4.72 Å². The predicted molar refractivity (Wildman–Crippen MR) is 56.3 cm³/mol. The van der Waals surface area contributed by atoms with Crippen LogP contribution in [0.25, 0.3) is 0 Å². The van der Waals surface area contributed by atoms with Gasteiger partial charge in [-0.15, -0.1) is 11.6 Å². The van der Waals surface area contributed by atoms with Gasteiger partial charge in [-0.2, -0.15) is 0 Å². The Morgan fingerprint density at radius 2 is 1.85 bits per heavy atom. The molecular formula is C8H18ClNO2S. The molecule has 13 heavy (non-hydrogen) atoms. The number of hydrogen-bond donors (Lipinski definition) is 1. The molecule has 1 unspecified atom stereocenters.